The van der Waals surface area contributed by atoms with Gasteiger partial charge in [0, 0.05) is 30.1 Å². The second-order valence-corrected chi connectivity index (χ2v) is 5.46. The van der Waals surface area contributed by atoms with Crippen LogP contribution in [-0.4, -0.2) is 17.6 Å². The van der Waals surface area contributed by atoms with Gasteiger partial charge in [0.1, 0.15) is 0 Å². The van der Waals surface area contributed by atoms with Crippen LogP contribution < -0.4 is 0 Å². The molecule has 1 aromatic heterocycles. The molecule has 2 aromatic carbocycles. The summed E-state index contributed by atoms with van der Waals surface area (Å²) in [5.41, 5.74) is 3.46. The first-order valence-electron chi connectivity index (χ1n) is 7.36. The third-order valence-corrected chi connectivity index (χ3v) is 4.10. The highest BCUT2D eigenvalue weighted by Crippen LogP contribution is 2.34. The van der Waals surface area contributed by atoms with Crippen molar-refractivity contribution in [3.05, 3.63) is 71.9 Å². The summed E-state index contributed by atoms with van der Waals surface area (Å²) in [7, 11) is 3.47. The number of esters is 1. The Morgan fingerprint density at radius 3 is 2.50 bits per heavy atom. The van der Waals surface area contributed by atoms with E-state index in [1.165, 1.54) is 18.0 Å². The lowest BCUT2D eigenvalue weighted by Crippen LogP contribution is -2.09. The van der Waals surface area contributed by atoms with Crippen molar-refractivity contribution >= 4 is 16.9 Å². The number of fused-ring (bicyclic) bond motifs is 1. The minimum absolute atomic E-state index is 0.000231. The standard InChI is InChI=1S/C19H19NO2/c1-20-13-17(15-10-6-7-11-18(15)20)16(12-19(21)22-2)14-8-4-3-5-9-14/h3-11,13,16H,12H2,1-2H3/t16-/m1/s1. The molecule has 0 N–H and O–H groups in total. The summed E-state index contributed by atoms with van der Waals surface area (Å²) >= 11 is 0. The van der Waals surface area contributed by atoms with Crippen molar-refractivity contribution in [1.29, 1.82) is 0 Å². The van der Waals surface area contributed by atoms with E-state index < -0.39 is 0 Å². The fourth-order valence-electron chi connectivity index (χ4n) is 2.99. The average molecular weight is 293 g/mol. The maximum absolute atomic E-state index is 11.9. The van der Waals surface area contributed by atoms with Gasteiger partial charge in [0.25, 0.3) is 0 Å². The van der Waals surface area contributed by atoms with E-state index in [0.717, 1.165) is 11.1 Å². The predicted molar refractivity (Wildman–Crippen MR) is 87.8 cm³/mol. The molecule has 1 atom stereocenters. The molecule has 0 aliphatic heterocycles. The quantitative estimate of drug-likeness (QED) is 0.684. The lowest BCUT2D eigenvalue weighted by molar-refractivity contribution is -0.140. The molecule has 0 fully saturated rings. The van der Waals surface area contributed by atoms with Crippen LogP contribution in [0.15, 0.2) is 60.8 Å². The fourth-order valence-corrected chi connectivity index (χ4v) is 2.99. The van der Waals surface area contributed by atoms with Crippen LogP contribution in [0.2, 0.25) is 0 Å². The van der Waals surface area contributed by atoms with Gasteiger partial charge in [-0.1, -0.05) is 48.5 Å². The van der Waals surface area contributed by atoms with Crippen molar-refractivity contribution in [2.45, 2.75) is 12.3 Å². The maximum atomic E-state index is 11.9. The molecule has 0 spiro atoms. The number of aryl methyl sites for hydroxylation is 1. The van der Waals surface area contributed by atoms with E-state index in [2.05, 4.69) is 35.0 Å². The van der Waals surface area contributed by atoms with E-state index >= 15 is 0 Å². The minimum Gasteiger partial charge on any atom is -0.469 e. The summed E-state index contributed by atoms with van der Waals surface area (Å²) in [5, 5.41) is 1.18. The molecule has 22 heavy (non-hydrogen) atoms. The first kappa shape index (κ1) is 14.4. The summed E-state index contributed by atoms with van der Waals surface area (Å²) in [6.07, 6.45) is 2.46. The van der Waals surface area contributed by atoms with Gasteiger partial charge in [-0.15, -0.1) is 0 Å². The number of hydrogen-bond acceptors (Lipinski definition) is 2. The third-order valence-electron chi connectivity index (χ3n) is 4.10. The molecule has 3 aromatic rings. The molecule has 0 saturated carbocycles. The van der Waals surface area contributed by atoms with Crippen LogP contribution in [-0.2, 0) is 16.6 Å². The number of hydrogen-bond donors (Lipinski definition) is 0. The Bertz CT molecular complexity index is 790. The van der Waals surface area contributed by atoms with Crippen molar-refractivity contribution in [3.8, 4) is 0 Å². The van der Waals surface area contributed by atoms with E-state index in [1.54, 1.807) is 0 Å². The van der Waals surface area contributed by atoms with Gasteiger partial charge in [0.2, 0.25) is 0 Å². The van der Waals surface area contributed by atoms with Crippen molar-refractivity contribution < 1.29 is 9.53 Å². The number of nitrogens with zero attached hydrogens (tertiary/aromatic N) is 1. The predicted octanol–water partition coefficient (Wildman–Crippen LogP) is 3.87. The highest BCUT2D eigenvalue weighted by atomic mass is 16.5. The van der Waals surface area contributed by atoms with Gasteiger partial charge in [-0.3, -0.25) is 4.79 Å². The fraction of sp³-hybridized carbons (Fsp3) is 0.211. The Labute approximate surface area is 130 Å². The summed E-state index contributed by atoms with van der Waals surface area (Å²) in [6.45, 7) is 0. The lowest BCUT2D eigenvalue weighted by Gasteiger charge is -2.16. The molecule has 3 nitrogen and oxygen atoms in total. The van der Waals surface area contributed by atoms with Crippen LogP contribution in [0.25, 0.3) is 10.9 Å². The Kier molecular flexibility index (Phi) is 3.96. The zero-order valence-electron chi connectivity index (χ0n) is 12.8. The minimum atomic E-state index is -0.193. The van der Waals surface area contributed by atoms with Gasteiger partial charge in [0.05, 0.1) is 13.5 Å². The highest BCUT2D eigenvalue weighted by molar-refractivity contribution is 5.86. The SMILES string of the molecule is COC(=O)C[C@H](c1ccccc1)c1cn(C)c2ccccc12. The molecule has 0 aliphatic rings. The van der Waals surface area contributed by atoms with Crippen molar-refractivity contribution in [3.63, 3.8) is 0 Å². The first-order valence-corrected chi connectivity index (χ1v) is 7.36. The first-order chi connectivity index (χ1) is 10.7. The highest BCUT2D eigenvalue weighted by Gasteiger charge is 2.22. The summed E-state index contributed by atoms with van der Waals surface area (Å²) < 4.78 is 7.01. The lowest BCUT2D eigenvalue weighted by atomic mass is 9.88. The van der Waals surface area contributed by atoms with Gasteiger partial charge >= 0.3 is 5.97 Å². The molecule has 112 valence electrons. The van der Waals surface area contributed by atoms with E-state index in [4.69, 9.17) is 4.74 Å². The molecule has 3 rings (SSSR count). The van der Waals surface area contributed by atoms with Crippen molar-refractivity contribution in [2.75, 3.05) is 7.11 Å². The molecule has 0 aliphatic carbocycles. The topological polar surface area (TPSA) is 31.2 Å². The Morgan fingerprint density at radius 1 is 1.09 bits per heavy atom. The number of benzene rings is 2. The van der Waals surface area contributed by atoms with Crippen LogP contribution >= 0.6 is 0 Å². The van der Waals surface area contributed by atoms with Crippen LogP contribution in [0.1, 0.15) is 23.5 Å². The zero-order chi connectivity index (χ0) is 15.5. The Hall–Kier alpha value is -2.55. The monoisotopic (exact) mass is 293 g/mol. The smallest absolute Gasteiger partial charge is 0.306 e. The van der Waals surface area contributed by atoms with Crippen molar-refractivity contribution in [2.24, 2.45) is 7.05 Å². The number of rotatable bonds is 4. The van der Waals surface area contributed by atoms with Gasteiger partial charge < -0.3 is 9.30 Å². The number of carbonyl (C=O) groups is 1. The Morgan fingerprint density at radius 2 is 1.77 bits per heavy atom. The summed E-state index contributed by atoms with van der Waals surface area (Å²) in [4.78, 5) is 11.9. The molecule has 0 bridgehead atoms. The molecular weight excluding hydrogens is 274 g/mol. The molecule has 3 heteroatoms. The van der Waals surface area contributed by atoms with E-state index in [-0.39, 0.29) is 11.9 Å². The van der Waals surface area contributed by atoms with E-state index in [9.17, 15) is 4.79 Å². The number of para-hydroxylation sites is 1. The molecule has 0 saturated heterocycles. The molecule has 1 heterocycles. The van der Waals surface area contributed by atoms with Crippen molar-refractivity contribution in [1.82, 2.24) is 4.57 Å². The maximum Gasteiger partial charge on any atom is 0.306 e. The Balaban J connectivity index is 2.14. The average Bonchev–Trinajstić information content (AvgIpc) is 2.90. The van der Waals surface area contributed by atoms with Crippen LogP contribution in [0.3, 0.4) is 0 Å². The van der Waals surface area contributed by atoms with Gasteiger partial charge in [0.15, 0.2) is 0 Å². The van der Waals surface area contributed by atoms with Gasteiger partial charge in [-0.25, -0.2) is 0 Å². The van der Waals surface area contributed by atoms with Gasteiger partial charge in [-0.05, 0) is 17.2 Å². The number of carbonyl (C=O) groups excluding carboxylic acids is 1. The summed E-state index contributed by atoms with van der Waals surface area (Å²) in [5.74, 6) is -0.193. The van der Waals surface area contributed by atoms with Crippen LogP contribution in [0.4, 0.5) is 0 Å². The molecule has 0 radical (unpaired) electrons. The molecule has 0 amide bonds. The zero-order valence-corrected chi connectivity index (χ0v) is 12.8. The van der Waals surface area contributed by atoms with E-state index in [0.29, 0.717) is 6.42 Å². The number of methoxy groups -OCH3 is 1. The number of aromatic nitrogens is 1. The van der Waals surface area contributed by atoms with Crippen LogP contribution in [0, 0.1) is 0 Å². The van der Waals surface area contributed by atoms with Crippen LogP contribution in [0.5, 0.6) is 0 Å². The van der Waals surface area contributed by atoms with Gasteiger partial charge in [-0.2, -0.15) is 0 Å². The normalized spacial score (nSPS) is 12.3. The van der Waals surface area contributed by atoms with E-state index in [1.807, 2.05) is 37.4 Å². The third kappa shape index (κ3) is 2.62. The largest absolute Gasteiger partial charge is 0.469 e. The molecular formula is C19H19NO2. The second kappa shape index (κ2) is 6.06. The summed E-state index contributed by atoms with van der Waals surface area (Å²) in [6, 6.07) is 18.4. The second-order valence-electron chi connectivity index (χ2n) is 5.46. The molecule has 0 unspecified atom stereocenters. The number of ether oxygens (including phenoxy) is 1.